The minimum atomic E-state index is -0.998. The van der Waals surface area contributed by atoms with Crippen molar-refractivity contribution in [1.82, 2.24) is 9.80 Å². The molecule has 1 radical (unpaired) electrons. The Balaban J connectivity index is 1.54. The Labute approximate surface area is 152 Å². The molecule has 0 bridgehead atoms. The number of rotatable bonds is 4. The van der Waals surface area contributed by atoms with Gasteiger partial charge in [0.15, 0.2) is 0 Å². The highest BCUT2D eigenvalue weighted by atomic mass is 16.7. The Hall–Kier alpha value is -2.19. The average Bonchev–Trinajstić information content (AvgIpc) is 3.08. The molecule has 2 aliphatic heterocycles. The fourth-order valence-corrected chi connectivity index (χ4v) is 3.05. The van der Waals surface area contributed by atoms with Crippen molar-refractivity contribution in [3.8, 4) is 0 Å². The van der Waals surface area contributed by atoms with Gasteiger partial charge in [0.25, 0.3) is 5.91 Å². The lowest BCUT2D eigenvalue weighted by molar-refractivity contribution is -0.137. The van der Waals surface area contributed by atoms with E-state index in [1.165, 1.54) is 6.42 Å². The number of nitrogens with two attached hydrogens (primary N) is 1. The van der Waals surface area contributed by atoms with Gasteiger partial charge in [-0.05, 0) is 6.08 Å². The molecule has 3 rings (SSSR count). The summed E-state index contributed by atoms with van der Waals surface area (Å²) >= 11 is 0. The minimum Gasteiger partial charge on any atom is -0.369 e. The molecule has 0 saturated carbocycles. The summed E-state index contributed by atoms with van der Waals surface area (Å²) in [4.78, 5) is 39.7. The van der Waals surface area contributed by atoms with E-state index >= 15 is 0 Å². The lowest BCUT2D eigenvalue weighted by atomic mass is 9.88. The van der Waals surface area contributed by atoms with Crippen molar-refractivity contribution >= 4 is 17.7 Å². The molecule has 2 fully saturated rings. The highest BCUT2D eigenvalue weighted by Crippen LogP contribution is 2.24. The predicted octanol–water partition coefficient (Wildman–Crippen LogP) is -0.389. The van der Waals surface area contributed by atoms with Crippen LogP contribution in [0.15, 0.2) is 23.8 Å². The van der Waals surface area contributed by atoms with Crippen LogP contribution in [0.25, 0.3) is 0 Å². The van der Waals surface area contributed by atoms with Crippen LogP contribution in [0.2, 0.25) is 0 Å². The van der Waals surface area contributed by atoms with E-state index in [1.54, 1.807) is 35.8 Å². The number of ether oxygens (including phenoxy) is 2. The molecule has 2 atom stereocenters. The van der Waals surface area contributed by atoms with Crippen LogP contribution in [0.1, 0.15) is 13.8 Å². The monoisotopic (exact) mass is 362 g/mol. The van der Waals surface area contributed by atoms with Gasteiger partial charge >= 0.3 is 0 Å². The number of fused-ring (bicyclic) bond motifs is 1. The Morgan fingerprint density at radius 3 is 2.38 bits per heavy atom. The van der Waals surface area contributed by atoms with Crippen LogP contribution in [0, 0.1) is 11.8 Å². The third-order valence-electron chi connectivity index (χ3n) is 4.90. The fraction of sp³-hybridized carbons (Fsp3) is 0.556. The third-order valence-corrected chi connectivity index (χ3v) is 4.90. The lowest BCUT2D eigenvalue weighted by Gasteiger charge is -2.36. The van der Waals surface area contributed by atoms with Gasteiger partial charge in [0.2, 0.25) is 11.8 Å². The van der Waals surface area contributed by atoms with E-state index in [0.717, 1.165) is 0 Å². The molecule has 8 heteroatoms. The molecule has 1 aliphatic carbocycles. The molecular formula is C18H24N3O5. The number of hydrogen-bond acceptors (Lipinski definition) is 5. The number of piperazine rings is 1. The molecule has 8 nitrogen and oxygen atoms in total. The van der Waals surface area contributed by atoms with Crippen molar-refractivity contribution in [3.05, 3.63) is 30.2 Å². The van der Waals surface area contributed by atoms with Crippen molar-refractivity contribution in [3.63, 3.8) is 0 Å². The molecule has 2 saturated heterocycles. The summed E-state index contributed by atoms with van der Waals surface area (Å²) in [6.45, 7) is 5.15. The Bertz CT molecular complexity index is 662. The Morgan fingerprint density at radius 1 is 1.12 bits per heavy atom. The van der Waals surface area contributed by atoms with Gasteiger partial charge < -0.3 is 25.0 Å². The molecule has 0 spiro atoms. The largest absolute Gasteiger partial charge is 0.369 e. The molecule has 3 amide bonds. The minimum absolute atomic E-state index is 0.0799. The van der Waals surface area contributed by atoms with E-state index in [1.807, 2.05) is 6.08 Å². The molecular weight excluding hydrogens is 338 g/mol. The van der Waals surface area contributed by atoms with E-state index < -0.39 is 11.3 Å². The first kappa shape index (κ1) is 18.6. The summed E-state index contributed by atoms with van der Waals surface area (Å²) in [6.07, 6.45) is 6.40. The number of amides is 3. The number of primary amides is 1. The molecule has 0 aromatic heterocycles. The van der Waals surface area contributed by atoms with Crippen LogP contribution in [0.5, 0.6) is 0 Å². The lowest BCUT2D eigenvalue weighted by Crippen LogP contribution is -2.52. The van der Waals surface area contributed by atoms with Gasteiger partial charge in [-0.1, -0.05) is 26.0 Å². The standard InChI is InChI=1S/C18H24N3O5/c1-18(2,17(19)24)10-15(22)20-5-7-21(8-6-20)16(23)12-3-4-13-14(9-12)26-11-25-13/h3-4,9-10,13-14H,5-8,11H2,1-2H3,(H2,19,24). The van der Waals surface area contributed by atoms with E-state index in [0.29, 0.717) is 31.8 Å². The quantitative estimate of drug-likeness (QED) is 0.734. The van der Waals surface area contributed by atoms with Crippen LogP contribution < -0.4 is 5.73 Å². The second-order valence-electron chi connectivity index (χ2n) is 7.21. The number of carbonyl (C=O) groups excluding carboxylic acids is 3. The first-order valence-electron chi connectivity index (χ1n) is 8.65. The topological polar surface area (TPSA) is 102 Å². The van der Waals surface area contributed by atoms with Gasteiger partial charge in [0, 0.05) is 31.8 Å². The summed E-state index contributed by atoms with van der Waals surface area (Å²) in [5.74, 6) is -0.868. The second-order valence-corrected chi connectivity index (χ2v) is 7.21. The maximum atomic E-state index is 12.7. The zero-order chi connectivity index (χ0) is 18.9. The van der Waals surface area contributed by atoms with Gasteiger partial charge in [-0.25, -0.2) is 0 Å². The molecule has 141 valence electrons. The first-order valence-corrected chi connectivity index (χ1v) is 8.65. The van der Waals surface area contributed by atoms with E-state index in [4.69, 9.17) is 15.2 Å². The van der Waals surface area contributed by atoms with Crippen molar-refractivity contribution in [2.24, 2.45) is 11.1 Å². The number of nitrogens with zero attached hydrogens (tertiary/aromatic N) is 2. The predicted molar refractivity (Wildman–Crippen MR) is 92.3 cm³/mol. The normalized spacial score (nSPS) is 25.7. The number of carbonyl (C=O) groups is 3. The molecule has 3 aliphatic rings. The van der Waals surface area contributed by atoms with Gasteiger partial charge in [-0.3, -0.25) is 14.4 Å². The molecule has 0 aromatic carbocycles. The smallest absolute Gasteiger partial charge is 0.253 e. The highest BCUT2D eigenvalue weighted by Gasteiger charge is 2.34. The van der Waals surface area contributed by atoms with Crippen molar-refractivity contribution < 1.29 is 23.9 Å². The molecule has 2 heterocycles. The molecule has 2 N–H and O–H groups in total. The molecule has 2 unspecified atom stereocenters. The third kappa shape index (κ3) is 3.81. The zero-order valence-corrected chi connectivity index (χ0v) is 15.0. The average molecular weight is 362 g/mol. The maximum Gasteiger partial charge on any atom is 0.253 e. The van der Waals surface area contributed by atoms with Crippen LogP contribution in [-0.4, -0.2) is 72.7 Å². The summed E-state index contributed by atoms with van der Waals surface area (Å²) in [5, 5.41) is 0. The highest BCUT2D eigenvalue weighted by molar-refractivity contribution is 5.97. The van der Waals surface area contributed by atoms with Crippen LogP contribution in [0.4, 0.5) is 0 Å². The van der Waals surface area contributed by atoms with E-state index in [-0.39, 0.29) is 30.8 Å². The summed E-state index contributed by atoms with van der Waals surface area (Å²) < 4.78 is 10.8. The van der Waals surface area contributed by atoms with Gasteiger partial charge in [0.05, 0.1) is 11.8 Å². The zero-order valence-electron chi connectivity index (χ0n) is 15.0. The molecule has 0 aromatic rings. The summed E-state index contributed by atoms with van der Waals surface area (Å²) in [5.41, 5.74) is 4.89. The van der Waals surface area contributed by atoms with Crippen molar-refractivity contribution in [1.29, 1.82) is 0 Å². The second kappa shape index (κ2) is 7.20. The first-order chi connectivity index (χ1) is 12.3. The number of hydrogen-bond donors (Lipinski definition) is 1. The Kier molecular flexibility index (Phi) is 5.15. The summed E-state index contributed by atoms with van der Waals surface area (Å²) in [7, 11) is 0. The SMILES string of the molecule is CC(C)([CH]C(=O)N1CCN(C(=O)C2=CC3OCOC3C=C2)CC1)C(N)=O. The Morgan fingerprint density at radius 2 is 1.73 bits per heavy atom. The van der Waals surface area contributed by atoms with Gasteiger partial charge in [0.1, 0.15) is 19.0 Å². The van der Waals surface area contributed by atoms with Crippen molar-refractivity contribution in [2.45, 2.75) is 26.1 Å². The van der Waals surface area contributed by atoms with Crippen molar-refractivity contribution in [2.75, 3.05) is 33.0 Å². The van der Waals surface area contributed by atoms with Gasteiger partial charge in [-0.15, -0.1) is 0 Å². The van der Waals surface area contributed by atoms with Crippen LogP contribution in [-0.2, 0) is 23.9 Å². The van der Waals surface area contributed by atoms with E-state index in [2.05, 4.69) is 0 Å². The fourth-order valence-electron chi connectivity index (χ4n) is 3.05. The summed E-state index contributed by atoms with van der Waals surface area (Å²) in [6, 6.07) is 0. The molecule has 26 heavy (non-hydrogen) atoms. The van der Waals surface area contributed by atoms with E-state index in [9.17, 15) is 14.4 Å². The maximum absolute atomic E-state index is 12.7. The van der Waals surface area contributed by atoms with Crippen LogP contribution >= 0.6 is 0 Å². The van der Waals surface area contributed by atoms with Crippen LogP contribution in [0.3, 0.4) is 0 Å². The van der Waals surface area contributed by atoms with Gasteiger partial charge in [-0.2, -0.15) is 0 Å².